The molecule has 0 saturated heterocycles. The quantitative estimate of drug-likeness (QED) is 0.219. The second-order valence-corrected chi connectivity index (χ2v) is 8.29. The van der Waals surface area contributed by atoms with E-state index in [0.29, 0.717) is 18.4 Å². The molecule has 1 fully saturated rings. The zero-order chi connectivity index (χ0) is 19.6. The normalized spacial score (nSPS) is 23.2. The van der Waals surface area contributed by atoms with Gasteiger partial charge in [-0.1, -0.05) is 33.3 Å². The van der Waals surface area contributed by atoms with E-state index >= 15 is 0 Å². The van der Waals surface area contributed by atoms with Crippen molar-refractivity contribution in [2.75, 3.05) is 19.8 Å². The van der Waals surface area contributed by atoms with E-state index in [4.69, 9.17) is 18.3 Å². The van der Waals surface area contributed by atoms with Crippen molar-refractivity contribution in [1.82, 2.24) is 0 Å². The summed E-state index contributed by atoms with van der Waals surface area (Å²) in [6, 6.07) is 0. The van der Waals surface area contributed by atoms with Crippen molar-refractivity contribution in [3.63, 3.8) is 0 Å². The summed E-state index contributed by atoms with van der Waals surface area (Å²) in [6.45, 7) is 9.73. The summed E-state index contributed by atoms with van der Waals surface area (Å²) >= 11 is 0. The first kappa shape index (κ1) is 23.3. The molecule has 1 saturated carbocycles. The lowest BCUT2D eigenvalue weighted by molar-refractivity contribution is -0.141. The summed E-state index contributed by atoms with van der Waals surface area (Å²) in [5.41, 5.74) is 0.309. The van der Waals surface area contributed by atoms with Gasteiger partial charge in [0.05, 0.1) is 32.0 Å². The Morgan fingerprint density at radius 1 is 1.15 bits per heavy atom. The van der Waals surface area contributed by atoms with Gasteiger partial charge in [-0.2, -0.15) is 0 Å². The Balaban J connectivity index is 2.59. The Bertz CT molecular complexity index is 480. The summed E-state index contributed by atoms with van der Waals surface area (Å²) < 4.78 is 34.3. The molecule has 0 aromatic carbocycles. The number of hydrogen-bond acceptors (Lipinski definition) is 7. The predicted molar refractivity (Wildman–Crippen MR) is 98.7 cm³/mol. The molecular weight excluding hydrogens is 359 g/mol. The molecule has 0 bridgehead atoms. The molecular formula is C18H33O7P. The molecule has 8 heteroatoms. The van der Waals surface area contributed by atoms with Crippen LogP contribution in [0, 0.1) is 5.92 Å². The van der Waals surface area contributed by atoms with Gasteiger partial charge >= 0.3 is 13.8 Å². The standard InChI is InChI=1S/C18H33O7P/c1-5-7-11-23-26(21,24-12-8-6-2)25-16-10-9-15(17(16)19)13-22-18(20)14(3)4/h15-17,19H,3,5-13H2,1-2,4H3. The average molecular weight is 392 g/mol. The van der Waals surface area contributed by atoms with Crippen molar-refractivity contribution in [2.24, 2.45) is 5.92 Å². The van der Waals surface area contributed by atoms with E-state index in [1.54, 1.807) is 6.92 Å². The Labute approximate surface area is 156 Å². The monoisotopic (exact) mass is 392 g/mol. The first-order chi connectivity index (χ1) is 12.3. The maximum atomic E-state index is 12.9. The molecule has 0 spiro atoms. The number of unbranched alkanes of at least 4 members (excludes halogenated alkanes) is 2. The largest absolute Gasteiger partial charge is 0.475 e. The summed E-state index contributed by atoms with van der Waals surface area (Å²) in [7, 11) is -3.73. The lowest BCUT2D eigenvalue weighted by atomic mass is 10.1. The molecule has 0 aromatic rings. The van der Waals surface area contributed by atoms with Crippen LogP contribution in [-0.4, -0.2) is 43.1 Å². The molecule has 3 atom stereocenters. The van der Waals surface area contributed by atoms with Crippen LogP contribution in [0.15, 0.2) is 12.2 Å². The van der Waals surface area contributed by atoms with Gasteiger partial charge in [-0.25, -0.2) is 9.36 Å². The van der Waals surface area contributed by atoms with Crippen molar-refractivity contribution in [3.05, 3.63) is 12.2 Å². The number of carbonyl (C=O) groups is 1. The zero-order valence-corrected chi connectivity index (χ0v) is 17.0. The van der Waals surface area contributed by atoms with Gasteiger partial charge < -0.3 is 9.84 Å². The van der Waals surface area contributed by atoms with Crippen molar-refractivity contribution in [3.8, 4) is 0 Å². The Morgan fingerprint density at radius 3 is 2.23 bits per heavy atom. The third-order valence-electron chi connectivity index (χ3n) is 4.22. The van der Waals surface area contributed by atoms with Gasteiger partial charge in [0.2, 0.25) is 0 Å². The fourth-order valence-corrected chi connectivity index (χ4v) is 4.00. The summed E-state index contributed by atoms with van der Waals surface area (Å²) in [5, 5.41) is 10.4. The second kappa shape index (κ2) is 11.9. The molecule has 0 amide bonds. The molecule has 0 aliphatic heterocycles. The van der Waals surface area contributed by atoms with Crippen molar-refractivity contribution >= 4 is 13.8 Å². The van der Waals surface area contributed by atoms with Gasteiger partial charge in [-0.3, -0.25) is 13.6 Å². The number of aliphatic hydroxyl groups is 1. The number of phosphoric ester groups is 1. The maximum Gasteiger partial charge on any atom is 0.475 e. The van der Waals surface area contributed by atoms with Gasteiger partial charge in [0.1, 0.15) is 0 Å². The molecule has 0 aromatic heterocycles. The van der Waals surface area contributed by atoms with Gasteiger partial charge in [0.25, 0.3) is 0 Å². The number of esters is 1. The fraction of sp³-hybridized carbons (Fsp3) is 0.833. The van der Waals surface area contributed by atoms with Gasteiger partial charge in [-0.05, 0) is 32.6 Å². The number of ether oxygens (including phenoxy) is 1. The molecule has 1 aliphatic carbocycles. The number of hydrogen-bond donors (Lipinski definition) is 1. The number of rotatable bonds is 13. The minimum absolute atomic E-state index is 0.0738. The molecule has 1 rings (SSSR count). The van der Waals surface area contributed by atoms with E-state index in [9.17, 15) is 14.5 Å². The second-order valence-electron chi connectivity index (χ2n) is 6.67. The number of aliphatic hydroxyl groups excluding tert-OH is 1. The van der Waals surface area contributed by atoms with Crippen LogP contribution in [0.1, 0.15) is 59.3 Å². The van der Waals surface area contributed by atoms with Crippen LogP contribution < -0.4 is 0 Å². The molecule has 3 unspecified atom stereocenters. The van der Waals surface area contributed by atoms with Crippen LogP contribution in [0.3, 0.4) is 0 Å². The van der Waals surface area contributed by atoms with Crippen molar-refractivity contribution in [1.29, 1.82) is 0 Å². The van der Waals surface area contributed by atoms with E-state index in [-0.39, 0.29) is 25.7 Å². The molecule has 152 valence electrons. The lowest BCUT2D eigenvalue weighted by Gasteiger charge is -2.24. The van der Waals surface area contributed by atoms with Crippen LogP contribution in [0.25, 0.3) is 0 Å². The molecule has 26 heavy (non-hydrogen) atoms. The SMILES string of the molecule is C=C(C)C(=O)OCC1CCC(OP(=O)(OCCCC)OCCCC)C1O. The first-order valence-electron chi connectivity index (χ1n) is 9.41. The molecule has 0 radical (unpaired) electrons. The van der Waals surface area contributed by atoms with E-state index < -0.39 is 26.0 Å². The van der Waals surface area contributed by atoms with Crippen LogP contribution in [-0.2, 0) is 27.7 Å². The highest BCUT2D eigenvalue weighted by Gasteiger charge is 2.41. The summed E-state index contributed by atoms with van der Waals surface area (Å²) in [6.07, 6.45) is 2.82. The van der Waals surface area contributed by atoms with Crippen LogP contribution in [0.2, 0.25) is 0 Å². The smallest absolute Gasteiger partial charge is 0.462 e. The third-order valence-corrected chi connectivity index (χ3v) is 5.75. The van der Waals surface area contributed by atoms with E-state index in [0.717, 1.165) is 25.7 Å². The van der Waals surface area contributed by atoms with E-state index in [1.165, 1.54) is 0 Å². The molecule has 7 nitrogen and oxygen atoms in total. The Hall–Kier alpha value is -0.720. The highest BCUT2D eigenvalue weighted by Crippen LogP contribution is 2.53. The topological polar surface area (TPSA) is 91.3 Å². The van der Waals surface area contributed by atoms with Crippen LogP contribution in [0.5, 0.6) is 0 Å². The predicted octanol–water partition coefficient (Wildman–Crippen LogP) is 4.00. The number of carbonyl (C=O) groups excluding carboxylic acids is 1. The molecule has 0 heterocycles. The highest BCUT2D eigenvalue weighted by molar-refractivity contribution is 7.48. The summed E-state index contributed by atoms with van der Waals surface area (Å²) in [4.78, 5) is 11.5. The van der Waals surface area contributed by atoms with E-state index in [1.807, 2.05) is 13.8 Å². The highest BCUT2D eigenvalue weighted by atomic mass is 31.2. The Morgan fingerprint density at radius 2 is 1.73 bits per heavy atom. The third kappa shape index (κ3) is 7.89. The number of phosphoric acid groups is 1. The van der Waals surface area contributed by atoms with Crippen molar-refractivity contribution < 1.29 is 32.8 Å². The minimum atomic E-state index is -3.73. The minimum Gasteiger partial charge on any atom is -0.462 e. The molecule has 1 N–H and O–H groups in total. The van der Waals surface area contributed by atoms with Crippen molar-refractivity contribution in [2.45, 2.75) is 71.5 Å². The van der Waals surface area contributed by atoms with Gasteiger partial charge in [0, 0.05) is 11.5 Å². The lowest BCUT2D eigenvalue weighted by Crippen LogP contribution is -2.30. The van der Waals surface area contributed by atoms with Crippen LogP contribution >= 0.6 is 7.82 Å². The van der Waals surface area contributed by atoms with E-state index in [2.05, 4.69) is 6.58 Å². The van der Waals surface area contributed by atoms with Gasteiger partial charge in [0.15, 0.2) is 0 Å². The Kier molecular flexibility index (Phi) is 10.7. The summed E-state index contributed by atoms with van der Waals surface area (Å²) in [5.74, 6) is -0.763. The van der Waals surface area contributed by atoms with Gasteiger partial charge in [-0.15, -0.1) is 0 Å². The zero-order valence-electron chi connectivity index (χ0n) is 16.1. The van der Waals surface area contributed by atoms with Crippen LogP contribution in [0.4, 0.5) is 0 Å². The average Bonchev–Trinajstić information content (AvgIpc) is 2.93. The first-order valence-corrected chi connectivity index (χ1v) is 10.9. The molecule has 1 aliphatic rings. The fourth-order valence-electron chi connectivity index (χ4n) is 2.53. The maximum absolute atomic E-state index is 12.9.